The fraction of sp³-hybridized carbons (Fsp3) is 0.273. The van der Waals surface area contributed by atoms with E-state index in [2.05, 4.69) is 32.9 Å². The standard InChI is InChI=1S/C11H11ClIN3O2S/c1-7(13)9-5-8(12)3-4-10(9)16-6-11(14-15-16)19(2,17)18/h3-7H,1-2H3. The second-order valence-electron chi connectivity index (χ2n) is 4.09. The Morgan fingerprint density at radius 2 is 2.11 bits per heavy atom. The van der Waals surface area contributed by atoms with Gasteiger partial charge in [0, 0.05) is 15.2 Å². The highest BCUT2D eigenvalue weighted by atomic mass is 127. The van der Waals surface area contributed by atoms with Crippen LogP contribution in [0.5, 0.6) is 0 Å². The van der Waals surface area contributed by atoms with Crippen LogP contribution < -0.4 is 0 Å². The lowest BCUT2D eigenvalue weighted by Gasteiger charge is -2.11. The number of alkyl halides is 1. The van der Waals surface area contributed by atoms with Crippen molar-refractivity contribution in [3.05, 3.63) is 35.0 Å². The van der Waals surface area contributed by atoms with Gasteiger partial charge in [0.25, 0.3) is 0 Å². The third-order valence-corrected chi connectivity index (χ3v) is 4.37. The molecule has 0 aliphatic carbocycles. The van der Waals surface area contributed by atoms with E-state index in [9.17, 15) is 8.42 Å². The van der Waals surface area contributed by atoms with E-state index in [-0.39, 0.29) is 8.95 Å². The second-order valence-corrected chi connectivity index (χ2v) is 8.36. The summed E-state index contributed by atoms with van der Waals surface area (Å²) in [6.45, 7) is 2.02. The van der Waals surface area contributed by atoms with Crippen LogP contribution in [0.1, 0.15) is 16.4 Å². The predicted octanol–water partition coefficient (Wildman–Crippen LogP) is 2.82. The molecule has 1 aromatic heterocycles. The normalized spacial score (nSPS) is 13.5. The number of rotatable bonds is 3. The van der Waals surface area contributed by atoms with Crippen LogP contribution in [0.3, 0.4) is 0 Å². The summed E-state index contributed by atoms with van der Waals surface area (Å²) < 4.78 is 24.5. The topological polar surface area (TPSA) is 64.8 Å². The molecule has 0 radical (unpaired) electrons. The molecule has 0 N–H and O–H groups in total. The highest BCUT2D eigenvalue weighted by Crippen LogP contribution is 2.30. The van der Waals surface area contributed by atoms with E-state index in [1.165, 1.54) is 10.9 Å². The van der Waals surface area contributed by atoms with Crippen LogP contribution in [0, 0.1) is 0 Å². The molecule has 0 saturated heterocycles. The summed E-state index contributed by atoms with van der Waals surface area (Å²) >= 11 is 8.24. The van der Waals surface area contributed by atoms with Crippen LogP contribution >= 0.6 is 34.2 Å². The molecule has 0 amide bonds. The average molecular weight is 412 g/mol. The highest BCUT2D eigenvalue weighted by molar-refractivity contribution is 14.1. The van der Waals surface area contributed by atoms with Gasteiger partial charge in [-0.3, -0.25) is 0 Å². The predicted molar refractivity (Wildman–Crippen MR) is 81.9 cm³/mol. The molecule has 0 aliphatic heterocycles. The van der Waals surface area contributed by atoms with Crippen molar-refractivity contribution in [3.63, 3.8) is 0 Å². The summed E-state index contributed by atoms with van der Waals surface area (Å²) in [5.74, 6) is 0. The summed E-state index contributed by atoms with van der Waals surface area (Å²) in [6.07, 6.45) is 2.51. The van der Waals surface area contributed by atoms with Gasteiger partial charge in [-0.1, -0.05) is 39.4 Å². The number of hydrogen-bond donors (Lipinski definition) is 0. The molecular weight excluding hydrogens is 401 g/mol. The fourth-order valence-corrected chi connectivity index (χ4v) is 2.74. The van der Waals surface area contributed by atoms with Gasteiger partial charge in [0.15, 0.2) is 14.9 Å². The minimum absolute atomic E-state index is 0.0467. The number of hydrogen-bond acceptors (Lipinski definition) is 4. The molecule has 0 fully saturated rings. The van der Waals surface area contributed by atoms with Gasteiger partial charge in [0.2, 0.25) is 0 Å². The highest BCUT2D eigenvalue weighted by Gasteiger charge is 2.16. The van der Waals surface area contributed by atoms with Gasteiger partial charge < -0.3 is 0 Å². The molecule has 0 aliphatic rings. The summed E-state index contributed by atoms with van der Waals surface area (Å²) in [5, 5.41) is 8.13. The van der Waals surface area contributed by atoms with Crippen LogP contribution in [0.25, 0.3) is 5.69 Å². The van der Waals surface area contributed by atoms with Gasteiger partial charge in [-0.2, -0.15) is 0 Å². The van der Waals surface area contributed by atoms with Gasteiger partial charge in [0.1, 0.15) is 0 Å². The van der Waals surface area contributed by atoms with E-state index in [4.69, 9.17) is 11.6 Å². The molecule has 2 aromatic rings. The molecule has 1 unspecified atom stereocenters. The maximum atomic E-state index is 11.4. The molecule has 19 heavy (non-hydrogen) atoms. The van der Waals surface area contributed by atoms with Crippen molar-refractivity contribution in [2.24, 2.45) is 0 Å². The molecule has 5 nitrogen and oxygen atoms in total. The first kappa shape index (κ1) is 14.7. The van der Waals surface area contributed by atoms with Crippen molar-refractivity contribution in [3.8, 4) is 5.69 Å². The Morgan fingerprint density at radius 3 is 2.63 bits per heavy atom. The Labute approximate surface area is 130 Å². The third-order valence-electron chi connectivity index (χ3n) is 2.52. The smallest absolute Gasteiger partial charge is 0.197 e. The molecule has 0 spiro atoms. The van der Waals surface area contributed by atoms with Gasteiger partial charge in [0.05, 0.1) is 11.9 Å². The molecule has 1 atom stereocenters. The molecule has 2 rings (SSSR count). The van der Waals surface area contributed by atoms with Crippen molar-refractivity contribution in [2.45, 2.75) is 15.9 Å². The minimum Gasteiger partial charge on any atom is -0.222 e. The van der Waals surface area contributed by atoms with E-state index < -0.39 is 9.84 Å². The van der Waals surface area contributed by atoms with Crippen LogP contribution in [0.2, 0.25) is 5.02 Å². The van der Waals surface area contributed by atoms with Crippen molar-refractivity contribution in [1.29, 1.82) is 0 Å². The SMILES string of the molecule is CC(I)c1cc(Cl)ccc1-n1cc(S(C)(=O)=O)nn1. The minimum atomic E-state index is -3.35. The molecule has 102 valence electrons. The Bertz CT molecular complexity index is 712. The summed E-state index contributed by atoms with van der Waals surface area (Å²) in [7, 11) is -3.35. The van der Waals surface area contributed by atoms with Crippen LogP contribution in [-0.2, 0) is 9.84 Å². The van der Waals surface area contributed by atoms with E-state index in [0.29, 0.717) is 5.02 Å². The molecule has 1 heterocycles. The Kier molecular flexibility index (Phi) is 4.17. The Hall–Kier alpha value is -0.670. The number of nitrogens with zero attached hydrogens (tertiary/aromatic N) is 3. The number of aromatic nitrogens is 3. The quantitative estimate of drug-likeness (QED) is 0.575. The van der Waals surface area contributed by atoms with Gasteiger partial charge in [-0.05, 0) is 30.7 Å². The maximum Gasteiger partial charge on any atom is 0.197 e. The number of benzene rings is 1. The largest absolute Gasteiger partial charge is 0.222 e. The van der Waals surface area contributed by atoms with Gasteiger partial charge >= 0.3 is 0 Å². The second kappa shape index (κ2) is 5.37. The monoisotopic (exact) mass is 411 g/mol. The fourth-order valence-electron chi connectivity index (χ4n) is 1.59. The van der Waals surface area contributed by atoms with E-state index >= 15 is 0 Å². The van der Waals surface area contributed by atoms with E-state index in [1.807, 2.05) is 13.0 Å². The first-order chi connectivity index (χ1) is 8.79. The van der Waals surface area contributed by atoms with E-state index in [0.717, 1.165) is 17.5 Å². The zero-order valence-corrected chi connectivity index (χ0v) is 13.9. The van der Waals surface area contributed by atoms with Gasteiger partial charge in [-0.25, -0.2) is 13.1 Å². The lowest BCUT2D eigenvalue weighted by atomic mass is 10.1. The molecule has 8 heteroatoms. The summed E-state index contributed by atoms with van der Waals surface area (Å²) in [4.78, 5) is 0. The molecular formula is C11H11ClIN3O2S. The van der Waals surface area contributed by atoms with E-state index in [1.54, 1.807) is 12.1 Å². The lowest BCUT2D eigenvalue weighted by molar-refractivity contribution is 0.598. The van der Waals surface area contributed by atoms with Crippen LogP contribution in [-0.4, -0.2) is 29.7 Å². The number of halogens is 2. The Morgan fingerprint density at radius 1 is 1.42 bits per heavy atom. The summed E-state index contributed by atoms with van der Waals surface area (Å²) in [6, 6.07) is 5.38. The zero-order chi connectivity index (χ0) is 14.2. The van der Waals surface area contributed by atoms with Crippen molar-refractivity contribution in [2.75, 3.05) is 6.26 Å². The van der Waals surface area contributed by atoms with Crippen molar-refractivity contribution < 1.29 is 8.42 Å². The third kappa shape index (κ3) is 3.26. The van der Waals surface area contributed by atoms with Gasteiger partial charge in [-0.15, -0.1) is 5.10 Å². The Balaban J connectivity index is 2.56. The average Bonchev–Trinajstić information content (AvgIpc) is 2.77. The summed E-state index contributed by atoms with van der Waals surface area (Å²) in [5.41, 5.74) is 1.74. The first-order valence-electron chi connectivity index (χ1n) is 5.35. The zero-order valence-electron chi connectivity index (χ0n) is 10.2. The van der Waals surface area contributed by atoms with Crippen molar-refractivity contribution in [1.82, 2.24) is 15.0 Å². The van der Waals surface area contributed by atoms with Crippen LogP contribution in [0.15, 0.2) is 29.4 Å². The molecule has 0 bridgehead atoms. The number of sulfone groups is 1. The lowest BCUT2D eigenvalue weighted by Crippen LogP contribution is -2.01. The van der Waals surface area contributed by atoms with Crippen LogP contribution in [0.4, 0.5) is 0 Å². The maximum absolute atomic E-state index is 11.4. The molecule has 0 saturated carbocycles. The first-order valence-corrected chi connectivity index (χ1v) is 8.87. The van der Waals surface area contributed by atoms with Crippen molar-refractivity contribution >= 4 is 44.0 Å². The molecule has 1 aromatic carbocycles.